The fourth-order valence-corrected chi connectivity index (χ4v) is 3.96. The number of nitrogens with zero attached hydrogens (tertiary/aromatic N) is 1. The highest BCUT2D eigenvalue weighted by atomic mass is 16.4. The Labute approximate surface area is 230 Å². The lowest BCUT2D eigenvalue weighted by molar-refractivity contribution is -0.142. The van der Waals surface area contributed by atoms with Crippen LogP contribution < -0.4 is 33.2 Å². The van der Waals surface area contributed by atoms with E-state index >= 15 is 0 Å². The lowest BCUT2D eigenvalue weighted by Crippen LogP contribution is -2.58. The van der Waals surface area contributed by atoms with E-state index < -0.39 is 47.9 Å². The van der Waals surface area contributed by atoms with Crippen molar-refractivity contribution in [1.29, 1.82) is 0 Å². The maximum absolute atomic E-state index is 13.4. The lowest BCUT2D eigenvalue weighted by atomic mass is 9.99. The highest BCUT2D eigenvalue weighted by Gasteiger charge is 2.31. The molecule has 0 heterocycles. The molecule has 0 aliphatic rings. The minimum atomic E-state index is -1.21. The van der Waals surface area contributed by atoms with Crippen LogP contribution >= 0.6 is 0 Å². The fourth-order valence-electron chi connectivity index (χ4n) is 3.96. The molecule has 3 amide bonds. The average molecular weight is 548 g/mol. The monoisotopic (exact) mass is 547 g/mol. The number of hydrogen-bond acceptors (Lipinski definition) is 6. The molecule has 0 spiro atoms. The number of nitrogens with one attached hydrogen (secondary N) is 3. The summed E-state index contributed by atoms with van der Waals surface area (Å²) in [5, 5.41) is 17.6. The van der Waals surface area contributed by atoms with Gasteiger partial charge in [-0.3, -0.25) is 19.4 Å². The Hall–Kier alpha value is -3.67. The zero-order valence-corrected chi connectivity index (χ0v) is 23.4. The summed E-state index contributed by atoms with van der Waals surface area (Å²) in [6.07, 6.45) is 1.32. The summed E-state index contributed by atoms with van der Waals surface area (Å²) in [6, 6.07) is 5.17. The SMILES string of the molecule is CC(C)CC(N)C(=O)NC(Cc1ccccc1)C(=O)NC(CC(C)C)C(=O)NC(CCCN=C(N)N)C(=O)O. The van der Waals surface area contributed by atoms with Crippen LogP contribution in [0, 0.1) is 11.8 Å². The van der Waals surface area contributed by atoms with Crippen molar-refractivity contribution in [3.8, 4) is 0 Å². The second-order valence-corrected chi connectivity index (χ2v) is 10.5. The zero-order valence-electron chi connectivity index (χ0n) is 23.4. The van der Waals surface area contributed by atoms with Gasteiger partial charge in [0.1, 0.15) is 18.1 Å². The first-order chi connectivity index (χ1) is 18.3. The second-order valence-electron chi connectivity index (χ2n) is 10.5. The highest BCUT2D eigenvalue weighted by Crippen LogP contribution is 2.10. The van der Waals surface area contributed by atoms with E-state index in [1.54, 1.807) is 0 Å². The van der Waals surface area contributed by atoms with Gasteiger partial charge in [0.15, 0.2) is 5.96 Å². The number of aliphatic carboxylic acids is 1. The standard InChI is InChI=1S/C27H45N7O5/c1-16(2)13-19(28)23(35)33-22(15-18-9-6-5-7-10-18)25(37)34-21(14-17(3)4)24(36)32-20(26(38)39)11-8-12-31-27(29)30/h5-7,9-10,16-17,19-22H,8,11-15,28H2,1-4H3,(H,32,36)(H,33,35)(H,34,37)(H,38,39)(H4,29,30,31). The number of carbonyl (C=O) groups is 4. The molecule has 0 saturated carbocycles. The Morgan fingerprint density at radius 1 is 0.821 bits per heavy atom. The molecule has 12 heteroatoms. The third-order valence-corrected chi connectivity index (χ3v) is 5.88. The molecule has 12 nitrogen and oxygen atoms in total. The van der Waals surface area contributed by atoms with E-state index in [1.807, 2.05) is 58.0 Å². The van der Waals surface area contributed by atoms with E-state index in [-0.39, 0.29) is 43.6 Å². The third-order valence-electron chi connectivity index (χ3n) is 5.88. The van der Waals surface area contributed by atoms with Crippen LogP contribution in [0.4, 0.5) is 0 Å². The Balaban J connectivity index is 3.05. The van der Waals surface area contributed by atoms with E-state index in [0.29, 0.717) is 12.8 Å². The highest BCUT2D eigenvalue weighted by molar-refractivity contribution is 5.94. The molecule has 0 saturated heterocycles. The van der Waals surface area contributed by atoms with Crippen molar-refractivity contribution in [2.45, 2.75) is 84.0 Å². The first-order valence-corrected chi connectivity index (χ1v) is 13.3. The molecule has 218 valence electrons. The molecule has 4 unspecified atom stereocenters. The van der Waals surface area contributed by atoms with Gasteiger partial charge in [0, 0.05) is 13.0 Å². The number of hydrogen-bond donors (Lipinski definition) is 7. The Kier molecular flexibility index (Phi) is 14.6. The summed E-state index contributed by atoms with van der Waals surface area (Å²) in [4.78, 5) is 54.9. The molecule has 1 aromatic carbocycles. The molecule has 10 N–H and O–H groups in total. The van der Waals surface area contributed by atoms with E-state index in [1.165, 1.54) is 0 Å². The van der Waals surface area contributed by atoms with E-state index in [0.717, 1.165) is 5.56 Å². The maximum Gasteiger partial charge on any atom is 0.326 e. The van der Waals surface area contributed by atoms with E-state index in [9.17, 15) is 24.3 Å². The first-order valence-electron chi connectivity index (χ1n) is 13.3. The number of carboxylic acids is 1. The van der Waals surface area contributed by atoms with Crippen molar-refractivity contribution in [2.24, 2.45) is 34.0 Å². The summed E-state index contributed by atoms with van der Waals surface area (Å²) in [5.41, 5.74) is 17.4. The lowest BCUT2D eigenvalue weighted by Gasteiger charge is -2.26. The van der Waals surface area contributed by atoms with Gasteiger partial charge in [0.25, 0.3) is 0 Å². The maximum atomic E-state index is 13.4. The number of amides is 3. The van der Waals surface area contributed by atoms with Gasteiger partial charge >= 0.3 is 5.97 Å². The molecule has 0 aromatic heterocycles. The number of nitrogens with two attached hydrogens (primary N) is 3. The quantitative estimate of drug-likeness (QED) is 0.0812. The third kappa shape index (κ3) is 13.6. The van der Waals surface area contributed by atoms with Crippen LogP contribution in [0.2, 0.25) is 0 Å². The Bertz CT molecular complexity index is 965. The van der Waals surface area contributed by atoms with Crippen LogP contribution in [0.5, 0.6) is 0 Å². The molecule has 4 atom stereocenters. The summed E-state index contributed by atoms with van der Waals surface area (Å²) in [6.45, 7) is 7.87. The number of rotatable bonds is 17. The minimum Gasteiger partial charge on any atom is -0.480 e. The smallest absolute Gasteiger partial charge is 0.326 e. The molecular weight excluding hydrogens is 502 g/mol. The minimum absolute atomic E-state index is 0.00724. The number of aliphatic imine (C=N–C) groups is 1. The number of guanidine groups is 1. The van der Waals surface area contributed by atoms with Gasteiger partial charge in [-0.05, 0) is 43.1 Å². The van der Waals surface area contributed by atoms with Crippen LogP contribution in [0.1, 0.15) is 58.9 Å². The molecule has 0 bridgehead atoms. The van der Waals surface area contributed by atoms with Crippen molar-refractivity contribution in [3.63, 3.8) is 0 Å². The predicted molar refractivity (Wildman–Crippen MR) is 150 cm³/mol. The summed E-state index contributed by atoms with van der Waals surface area (Å²) >= 11 is 0. The second kappa shape index (κ2) is 17.0. The Morgan fingerprint density at radius 2 is 1.36 bits per heavy atom. The van der Waals surface area contributed by atoms with Gasteiger partial charge in [0.05, 0.1) is 6.04 Å². The van der Waals surface area contributed by atoms with Gasteiger partial charge in [-0.15, -0.1) is 0 Å². The summed E-state index contributed by atoms with van der Waals surface area (Å²) in [7, 11) is 0. The summed E-state index contributed by atoms with van der Waals surface area (Å²) in [5.74, 6) is -2.78. The molecule has 0 aliphatic carbocycles. The van der Waals surface area contributed by atoms with Crippen molar-refractivity contribution in [3.05, 3.63) is 35.9 Å². The van der Waals surface area contributed by atoms with Crippen LogP contribution in [0.15, 0.2) is 35.3 Å². The Morgan fingerprint density at radius 3 is 1.90 bits per heavy atom. The van der Waals surface area contributed by atoms with Crippen molar-refractivity contribution >= 4 is 29.7 Å². The predicted octanol–water partition coefficient (Wildman–Crippen LogP) is 0.241. The largest absolute Gasteiger partial charge is 0.480 e. The van der Waals surface area contributed by atoms with Crippen LogP contribution in [-0.2, 0) is 25.6 Å². The molecular formula is C27H45N7O5. The number of carbonyl (C=O) groups excluding carboxylic acids is 3. The number of carboxylic acid groups (broad SMARTS) is 1. The van der Waals surface area contributed by atoms with Gasteiger partial charge in [-0.25, -0.2) is 4.79 Å². The van der Waals surface area contributed by atoms with E-state index in [2.05, 4.69) is 20.9 Å². The van der Waals surface area contributed by atoms with Crippen LogP contribution in [0.25, 0.3) is 0 Å². The van der Waals surface area contributed by atoms with Crippen molar-refractivity contribution in [2.75, 3.05) is 6.54 Å². The van der Waals surface area contributed by atoms with Gasteiger partial charge in [-0.1, -0.05) is 58.0 Å². The zero-order chi connectivity index (χ0) is 29.5. The van der Waals surface area contributed by atoms with Gasteiger partial charge in [0.2, 0.25) is 17.7 Å². The summed E-state index contributed by atoms with van der Waals surface area (Å²) < 4.78 is 0. The molecule has 0 aliphatic heterocycles. The fraction of sp³-hybridized carbons (Fsp3) is 0.593. The topological polar surface area (TPSA) is 215 Å². The van der Waals surface area contributed by atoms with Crippen molar-refractivity contribution in [1.82, 2.24) is 16.0 Å². The first kappa shape index (κ1) is 33.4. The average Bonchev–Trinajstić information content (AvgIpc) is 2.84. The van der Waals surface area contributed by atoms with Gasteiger partial charge in [-0.2, -0.15) is 0 Å². The van der Waals surface area contributed by atoms with Crippen LogP contribution in [-0.4, -0.2) is 65.5 Å². The molecule has 39 heavy (non-hydrogen) atoms. The molecule has 1 rings (SSSR count). The number of benzene rings is 1. The molecule has 0 fully saturated rings. The normalized spacial score (nSPS) is 14.1. The van der Waals surface area contributed by atoms with Crippen molar-refractivity contribution < 1.29 is 24.3 Å². The van der Waals surface area contributed by atoms with E-state index in [4.69, 9.17) is 17.2 Å². The van der Waals surface area contributed by atoms with Crippen LogP contribution in [0.3, 0.4) is 0 Å². The van der Waals surface area contributed by atoms with Gasteiger partial charge < -0.3 is 38.3 Å². The molecule has 0 radical (unpaired) electrons. The molecule has 1 aromatic rings.